The highest BCUT2D eigenvalue weighted by Gasteiger charge is 2.31. The molecule has 0 saturated heterocycles. The van der Waals surface area contributed by atoms with Crippen molar-refractivity contribution in [2.24, 2.45) is 5.73 Å². The summed E-state index contributed by atoms with van der Waals surface area (Å²) in [7, 11) is 1.47. The minimum Gasteiger partial charge on any atom is -0.489 e. The standard InChI is InChI=1S/C12H15F3N2O3.ClH/c1-19-4-5-20-10-3-2-8(12(13,14)15)6-9(10)17-11(18)7-16;/h2-3,6H,4-5,7,16H2,1H3,(H,17,18);1H. The van der Waals surface area contributed by atoms with E-state index in [-0.39, 0.29) is 43.6 Å². The number of nitrogens with one attached hydrogen (secondary N) is 1. The molecule has 0 atom stereocenters. The number of amides is 1. The molecule has 0 unspecified atom stereocenters. The molecule has 0 aromatic heterocycles. The molecular weight excluding hydrogens is 313 g/mol. The van der Waals surface area contributed by atoms with Crippen molar-refractivity contribution in [3.63, 3.8) is 0 Å². The van der Waals surface area contributed by atoms with E-state index in [2.05, 4.69) is 5.32 Å². The maximum atomic E-state index is 12.6. The van der Waals surface area contributed by atoms with Crippen molar-refractivity contribution >= 4 is 24.0 Å². The lowest BCUT2D eigenvalue weighted by atomic mass is 10.1. The summed E-state index contributed by atoms with van der Waals surface area (Å²) in [4.78, 5) is 11.2. The van der Waals surface area contributed by atoms with Crippen LogP contribution in [0.5, 0.6) is 5.75 Å². The topological polar surface area (TPSA) is 73.6 Å². The predicted octanol–water partition coefficient (Wildman–Crippen LogP) is 2.05. The fourth-order valence-corrected chi connectivity index (χ4v) is 1.37. The number of rotatable bonds is 6. The maximum Gasteiger partial charge on any atom is 0.416 e. The summed E-state index contributed by atoms with van der Waals surface area (Å²) in [5, 5.41) is 2.27. The van der Waals surface area contributed by atoms with Gasteiger partial charge >= 0.3 is 6.18 Å². The average Bonchev–Trinajstić information content (AvgIpc) is 2.39. The summed E-state index contributed by atoms with van der Waals surface area (Å²) in [5.41, 5.74) is 4.16. The predicted molar refractivity (Wildman–Crippen MR) is 73.7 cm³/mol. The summed E-state index contributed by atoms with van der Waals surface area (Å²) in [6, 6.07) is 2.82. The van der Waals surface area contributed by atoms with Crippen LogP contribution < -0.4 is 15.8 Å². The molecule has 120 valence electrons. The number of methoxy groups -OCH3 is 1. The van der Waals surface area contributed by atoms with E-state index >= 15 is 0 Å². The number of nitrogens with two attached hydrogens (primary N) is 1. The van der Waals surface area contributed by atoms with Gasteiger partial charge in [0.15, 0.2) is 0 Å². The van der Waals surface area contributed by atoms with E-state index < -0.39 is 17.6 Å². The molecule has 0 heterocycles. The van der Waals surface area contributed by atoms with Gasteiger partial charge in [0.25, 0.3) is 0 Å². The molecule has 9 heteroatoms. The van der Waals surface area contributed by atoms with Gasteiger partial charge < -0.3 is 20.5 Å². The van der Waals surface area contributed by atoms with Gasteiger partial charge in [-0.05, 0) is 18.2 Å². The molecule has 3 N–H and O–H groups in total. The number of hydrogen-bond donors (Lipinski definition) is 2. The van der Waals surface area contributed by atoms with Gasteiger partial charge in [0, 0.05) is 7.11 Å². The maximum absolute atomic E-state index is 12.6. The Balaban J connectivity index is 0.00000400. The number of benzene rings is 1. The Labute approximate surface area is 126 Å². The molecule has 1 amide bonds. The Morgan fingerprint density at radius 2 is 2.00 bits per heavy atom. The molecule has 5 nitrogen and oxygen atoms in total. The van der Waals surface area contributed by atoms with Gasteiger partial charge in [-0.1, -0.05) is 0 Å². The smallest absolute Gasteiger partial charge is 0.416 e. The molecule has 21 heavy (non-hydrogen) atoms. The van der Waals surface area contributed by atoms with Gasteiger partial charge in [0.2, 0.25) is 5.91 Å². The first-order valence-corrected chi connectivity index (χ1v) is 5.71. The summed E-state index contributed by atoms with van der Waals surface area (Å²) in [6.45, 7) is 0.0758. The van der Waals surface area contributed by atoms with Crippen LogP contribution in [0.2, 0.25) is 0 Å². The van der Waals surface area contributed by atoms with Crippen LogP contribution in [0.4, 0.5) is 18.9 Å². The van der Waals surface area contributed by atoms with Gasteiger partial charge in [-0.2, -0.15) is 13.2 Å². The molecule has 0 spiro atoms. The lowest BCUT2D eigenvalue weighted by Gasteiger charge is -2.15. The number of carbonyl (C=O) groups is 1. The van der Waals surface area contributed by atoms with Gasteiger partial charge in [0.1, 0.15) is 12.4 Å². The van der Waals surface area contributed by atoms with Gasteiger partial charge in [-0.15, -0.1) is 12.4 Å². The third-order valence-electron chi connectivity index (χ3n) is 2.31. The number of ether oxygens (including phenoxy) is 2. The minimum absolute atomic E-state index is 0. The number of halogens is 4. The van der Waals surface area contributed by atoms with Crippen molar-refractivity contribution < 1.29 is 27.4 Å². The highest BCUT2D eigenvalue weighted by atomic mass is 35.5. The van der Waals surface area contributed by atoms with Crippen molar-refractivity contribution in [3.05, 3.63) is 23.8 Å². The van der Waals surface area contributed by atoms with Crippen molar-refractivity contribution in [1.82, 2.24) is 0 Å². The highest BCUT2D eigenvalue weighted by Crippen LogP contribution is 2.35. The van der Waals surface area contributed by atoms with Crippen LogP contribution in [0.15, 0.2) is 18.2 Å². The van der Waals surface area contributed by atoms with Gasteiger partial charge in [0.05, 0.1) is 24.4 Å². The number of alkyl halides is 3. The van der Waals surface area contributed by atoms with E-state index in [4.69, 9.17) is 15.2 Å². The number of carbonyl (C=O) groups excluding carboxylic acids is 1. The Hall–Kier alpha value is -1.51. The molecular formula is C12H16ClF3N2O3. The van der Waals surface area contributed by atoms with Crippen LogP contribution in [-0.4, -0.2) is 32.8 Å². The van der Waals surface area contributed by atoms with Gasteiger partial charge in [-0.3, -0.25) is 4.79 Å². The molecule has 1 rings (SSSR count). The minimum atomic E-state index is -4.51. The zero-order valence-corrected chi connectivity index (χ0v) is 12.0. The quantitative estimate of drug-likeness (QED) is 0.784. The normalized spacial score (nSPS) is 10.7. The van der Waals surface area contributed by atoms with E-state index in [0.29, 0.717) is 0 Å². The second kappa shape index (κ2) is 8.71. The first-order valence-electron chi connectivity index (χ1n) is 5.71. The van der Waals surface area contributed by atoms with E-state index in [1.54, 1.807) is 0 Å². The summed E-state index contributed by atoms with van der Waals surface area (Å²) >= 11 is 0. The molecule has 0 aliphatic rings. The van der Waals surface area contributed by atoms with E-state index in [0.717, 1.165) is 18.2 Å². The summed E-state index contributed by atoms with van der Waals surface area (Å²) in [5.74, 6) is -0.488. The molecule has 0 saturated carbocycles. The third kappa shape index (κ3) is 6.19. The Morgan fingerprint density at radius 1 is 1.33 bits per heavy atom. The van der Waals surface area contributed by atoms with Crippen LogP contribution in [-0.2, 0) is 15.7 Å². The molecule has 1 aromatic carbocycles. The monoisotopic (exact) mass is 328 g/mol. The molecule has 0 aliphatic heterocycles. The average molecular weight is 329 g/mol. The van der Waals surface area contributed by atoms with Crippen LogP contribution in [0.25, 0.3) is 0 Å². The second-order valence-electron chi connectivity index (χ2n) is 3.80. The van der Waals surface area contributed by atoms with Gasteiger partial charge in [-0.25, -0.2) is 0 Å². The number of hydrogen-bond acceptors (Lipinski definition) is 4. The Morgan fingerprint density at radius 3 is 2.52 bits per heavy atom. The van der Waals surface area contributed by atoms with Crippen molar-refractivity contribution in [3.8, 4) is 5.75 Å². The lowest BCUT2D eigenvalue weighted by molar-refractivity contribution is -0.137. The molecule has 0 fully saturated rings. The SMILES string of the molecule is COCCOc1ccc(C(F)(F)F)cc1NC(=O)CN.Cl. The fourth-order valence-electron chi connectivity index (χ4n) is 1.37. The third-order valence-corrected chi connectivity index (χ3v) is 2.31. The lowest BCUT2D eigenvalue weighted by Crippen LogP contribution is -2.22. The first kappa shape index (κ1) is 19.5. The van der Waals surface area contributed by atoms with Crippen molar-refractivity contribution in [2.75, 3.05) is 32.2 Å². The first-order chi connectivity index (χ1) is 9.38. The van der Waals surface area contributed by atoms with Crippen molar-refractivity contribution in [1.29, 1.82) is 0 Å². The zero-order chi connectivity index (χ0) is 15.2. The second-order valence-corrected chi connectivity index (χ2v) is 3.80. The molecule has 0 bridgehead atoms. The largest absolute Gasteiger partial charge is 0.489 e. The fraction of sp³-hybridized carbons (Fsp3) is 0.417. The highest BCUT2D eigenvalue weighted by molar-refractivity contribution is 5.93. The van der Waals surface area contributed by atoms with E-state index in [1.807, 2.05) is 0 Å². The number of anilines is 1. The van der Waals surface area contributed by atoms with Crippen LogP contribution in [0.1, 0.15) is 5.56 Å². The zero-order valence-electron chi connectivity index (χ0n) is 11.2. The van der Waals surface area contributed by atoms with Crippen LogP contribution >= 0.6 is 12.4 Å². The molecule has 1 aromatic rings. The van der Waals surface area contributed by atoms with E-state index in [9.17, 15) is 18.0 Å². The summed E-state index contributed by atoms with van der Waals surface area (Å²) < 4.78 is 47.9. The summed E-state index contributed by atoms with van der Waals surface area (Å²) in [6.07, 6.45) is -4.51. The Bertz CT molecular complexity index is 470. The molecule has 0 radical (unpaired) electrons. The van der Waals surface area contributed by atoms with Crippen molar-refractivity contribution in [2.45, 2.75) is 6.18 Å². The Kier molecular flexibility index (Phi) is 8.08. The molecule has 0 aliphatic carbocycles. The van der Waals surface area contributed by atoms with Crippen LogP contribution in [0, 0.1) is 0 Å². The van der Waals surface area contributed by atoms with E-state index in [1.165, 1.54) is 7.11 Å². The van der Waals surface area contributed by atoms with Crippen LogP contribution in [0.3, 0.4) is 0 Å².